The molecule has 0 unspecified atom stereocenters. The second-order valence-corrected chi connectivity index (χ2v) is 4.90. The van der Waals surface area contributed by atoms with Crippen molar-refractivity contribution < 1.29 is 19.1 Å². The Balaban J connectivity index is 1.68. The van der Waals surface area contributed by atoms with Gasteiger partial charge in [0.1, 0.15) is 5.82 Å². The summed E-state index contributed by atoms with van der Waals surface area (Å²) in [6.45, 7) is 0. The summed E-state index contributed by atoms with van der Waals surface area (Å²) in [6, 6.07) is 6.05. The van der Waals surface area contributed by atoms with E-state index >= 15 is 0 Å². The molecule has 0 radical (unpaired) electrons. The molecule has 1 aromatic carbocycles. The van der Waals surface area contributed by atoms with Crippen LogP contribution in [0.15, 0.2) is 24.3 Å². The van der Waals surface area contributed by atoms with Crippen molar-refractivity contribution in [3.05, 3.63) is 35.6 Å². The lowest BCUT2D eigenvalue weighted by Gasteiger charge is -2.32. The second kappa shape index (κ2) is 5.82. The van der Waals surface area contributed by atoms with Crippen LogP contribution in [0.3, 0.4) is 0 Å². The van der Waals surface area contributed by atoms with Gasteiger partial charge in [-0.25, -0.2) is 4.39 Å². The number of benzene rings is 1. The number of rotatable bonds is 5. The van der Waals surface area contributed by atoms with Crippen molar-refractivity contribution in [2.45, 2.75) is 31.7 Å². The van der Waals surface area contributed by atoms with Crippen LogP contribution in [0, 0.1) is 11.7 Å². The van der Waals surface area contributed by atoms with Gasteiger partial charge in [-0.1, -0.05) is 12.1 Å². The lowest BCUT2D eigenvalue weighted by Crippen LogP contribution is -2.46. The quantitative estimate of drug-likeness (QED) is 0.852. The Bertz CT molecular complexity index is 466. The molecule has 19 heavy (non-hydrogen) atoms. The number of carboxylic acid groups (broad SMARTS) is 1. The summed E-state index contributed by atoms with van der Waals surface area (Å²) in [4.78, 5) is 22.2. The smallest absolute Gasteiger partial charge is 0.306 e. The van der Waals surface area contributed by atoms with Crippen molar-refractivity contribution in [2.75, 3.05) is 0 Å². The zero-order chi connectivity index (χ0) is 13.8. The highest BCUT2D eigenvalue weighted by Gasteiger charge is 2.34. The van der Waals surface area contributed by atoms with E-state index in [1.807, 2.05) is 0 Å². The molecule has 5 heteroatoms. The molecule has 4 nitrogen and oxygen atoms in total. The molecule has 1 fully saturated rings. The number of hydrogen-bond donors (Lipinski definition) is 2. The Kier molecular flexibility index (Phi) is 4.14. The van der Waals surface area contributed by atoms with Gasteiger partial charge in [-0.3, -0.25) is 9.59 Å². The number of nitrogens with one attached hydrogen (secondary N) is 1. The van der Waals surface area contributed by atoms with Gasteiger partial charge in [-0.15, -0.1) is 0 Å². The van der Waals surface area contributed by atoms with Crippen LogP contribution in [0.2, 0.25) is 0 Å². The number of carbonyl (C=O) groups is 2. The molecule has 0 aromatic heterocycles. The van der Waals surface area contributed by atoms with Gasteiger partial charge in [-0.2, -0.15) is 0 Å². The highest BCUT2D eigenvalue weighted by Crippen LogP contribution is 2.27. The van der Waals surface area contributed by atoms with Crippen LogP contribution >= 0.6 is 0 Å². The van der Waals surface area contributed by atoms with E-state index in [-0.39, 0.29) is 23.7 Å². The fourth-order valence-corrected chi connectivity index (χ4v) is 2.15. The molecule has 2 rings (SSSR count). The van der Waals surface area contributed by atoms with Crippen molar-refractivity contribution in [3.8, 4) is 0 Å². The molecule has 0 saturated heterocycles. The molecule has 0 bridgehead atoms. The second-order valence-electron chi connectivity index (χ2n) is 4.90. The Hall–Kier alpha value is -1.91. The normalized spacial score (nSPS) is 21.5. The van der Waals surface area contributed by atoms with Crippen LogP contribution in [0.1, 0.15) is 24.8 Å². The molecular weight excluding hydrogens is 249 g/mol. The van der Waals surface area contributed by atoms with Crippen molar-refractivity contribution in [1.29, 1.82) is 0 Å². The fraction of sp³-hybridized carbons (Fsp3) is 0.429. The van der Waals surface area contributed by atoms with Crippen molar-refractivity contribution in [3.63, 3.8) is 0 Å². The Morgan fingerprint density at radius 3 is 2.47 bits per heavy atom. The van der Waals surface area contributed by atoms with E-state index in [1.54, 1.807) is 12.1 Å². The van der Waals surface area contributed by atoms with Gasteiger partial charge in [0.05, 0.1) is 5.92 Å². The average molecular weight is 265 g/mol. The molecule has 2 N–H and O–H groups in total. The maximum Gasteiger partial charge on any atom is 0.306 e. The van der Waals surface area contributed by atoms with Crippen LogP contribution < -0.4 is 5.32 Å². The monoisotopic (exact) mass is 265 g/mol. The molecule has 0 aliphatic heterocycles. The largest absolute Gasteiger partial charge is 0.481 e. The molecule has 0 atom stereocenters. The first-order valence-corrected chi connectivity index (χ1v) is 6.31. The van der Waals surface area contributed by atoms with E-state index in [0.29, 0.717) is 25.7 Å². The first kappa shape index (κ1) is 13.5. The standard InChI is InChI=1S/C14H16FNO3/c15-11-4-1-9(2-5-11)3-6-13(17)16-12-7-10(8-12)14(18)19/h1-2,4-5,10,12H,3,6-8H2,(H,16,17)(H,18,19). The lowest BCUT2D eigenvalue weighted by molar-refractivity contribution is -0.146. The van der Waals surface area contributed by atoms with Crippen molar-refractivity contribution in [1.82, 2.24) is 5.32 Å². The minimum absolute atomic E-state index is 0.0122. The lowest BCUT2D eigenvalue weighted by atomic mass is 9.80. The summed E-state index contributed by atoms with van der Waals surface area (Å²) < 4.78 is 12.7. The summed E-state index contributed by atoms with van der Waals surface area (Å²) in [5, 5.41) is 11.5. The molecule has 102 valence electrons. The predicted molar refractivity (Wildman–Crippen MR) is 67.0 cm³/mol. The molecule has 1 aliphatic rings. The first-order chi connectivity index (χ1) is 9.04. The van der Waals surface area contributed by atoms with Gasteiger partial charge in [-0.05, 0) is 37.0 Å². The highest BCUT2D eigenvalue weighted by atomic mass is 19.1. The summed E-state index contributed by atoms with van der Waals surface area (Å²) in [7, 11) is 0. The maximum absolute atomic E-state index is 12.7. The molecule has 0 spiro atoms. The molecule has 0 heterocycles. The highest BCUT2D eigenvalue weighted by molar-refractivity contribution is 5.77. The Morgan fingerprint density at radius 2 is 1.89 bits per heavy atom. The molecule has 1 aliphatic carbocycles. The van der Waals surface area contributed by atoms with E-state index in [9.17, 15) is 14.0 Å². The van der Waals surface area contributed by atoms with Crippen molar-refractivity contribution >= 4 is 11.9 Å². The number of aliphatic carboxylic acids is 1. The number of halogens is 1. The van der Waals surface area contributed by atoms with Gasteiger partial charge < -0.3 is 10.4 Å². The molecule has 1 aromatic rings. The third-order valence-electron chi connectivity index (χ3n) is 3.41. The van der Waals surface area contributed by atoms with Crippen molar-refractivity contribution in [2.24, 2.45) is 5.92 Å². The summed E-state index contributed by atoms with van der Waals surface area (Å²) in [5.41, 5.74) is 0.911. The van der Waals surface area contributed by atoms with E-state index < -0.39 is 5.97 Å². The third kappa shape index (κ3) is 3.77. The van der Waals surface area contributed by atoms with Crippen LogP contribution in [0.25, 0.3) is 0 Å². The van der Waals surface area contributed by atoms with Gasteiger partial charge in [0.15, 0.2) is 0 Å². The predicted octanol–water partition coefficient (Wildman–Crippen LogP) is 1.74. The zero-order valence-corrected chi connectivity index (χ0v) is 10.4. The van der Waals surface area contributed by atoms with Gasteiger partial charge >= 0.3 is 5.97 Å². The zero-order valence-electron chi connectivity index (χ0n) is 10.4. The van der Waals surface area contributed by atoms with E-state index in [1.165, 1.54) is 12.1 Å². The van der Waals surface area contributed by atoms with Gasteiger partial charge in [0, 0.05) is 12.5 Å². The summed E-state index contributed by atoms with van der Waals surface area (Å²) >= 11 is 0. The van der Waals surface area contributed by atoms with Crippen LogP contribution in [-0.2, 0) is 16.0 Å². The van der Waals surface area contributed by atoms with E-state index in [0.717, 1.165) is 5.56 Å². The first-order valence-electron chi connectivity index (χ1n) is 6.31. The minimum atomic E-state index is -0.795. The Labute approximate surface area is 110 Å². The van der Waals surface area contributed by atoms with Crippen LogP contribution in [-0.4, -0.2) is 23.0 Å². The number of amides is 1. The van der Waals surface area contributed by atoms with Gasteiger partial charge in [0.2, 0.25) is 5.91 Å². The fourth-order valence-electron chi connectivity index (χ4n) is 2.15. The number of carboxylic acids is 1. The number of carbonyl (C=O) groups excluding carboxylic acids is 1. The van der Waals surface area contributed by atoms with Crippen LogP contribution in [0.4, 0.5) is 4.39 Å². The SMILES string of the molecule is O=C(CCc1ccc(F)cc1)NC1CC(C(=O)O)C1. The minimum Gasteiger partial charge on any atom is -0.481 e. The van der Waals surface area contributed by atoms with E-state index in [2.05, 4.69) is 5.32 Å². The van der Waals surface area contributed by atoms with E-state index in [4.69, 9.17) is 5.11 Å². The molecule has 1 saturated carbocycles. The maximum atomic E-state index is 12.7. The average Bonchev–Trinajstić information content (AvgIpc) is 2.32. The molecular formula is C14H16FNO3. The Morgan fingerprint density at radius 1 is 1.26 bits per heavy atom. The van der Waals surface area contributed by atoms with Gasteiger partial charge in [0.25, 0.3) is 0 Å². The molecule has 1 amide bonds. The number of aryl methyl sites for hydroxylation is 1. The number of hydrogen-bond acceptors (Lipinski definition) is 2. The summed E-state index contributed by atoms with van der Waals surface area (Å²) in [5.74, 6) is -1.49. The van der Waals surface area contributed by atoms with Crippen LogP contribution in [0.5, 0.6) is 0 Å². The summed E-state index contributed by atoms with van der Waals surface area (Å²) in [6.07, 6.45) is 1.91. The third-order valence-corrected chi connectivity index (χ3v) is 3.41. The topological polar surface area (TPSA) is 66.4 Å².